The number of sulfonamides is 1. The van der Waals surface area contributed by atoms with Gasteiger partial charge >= 0.3 is 0 Å². The van der Waals surface area contributed by atoms with Crippen LogP contribution in [-0.2, 0) is 10.0 Å². The fraction of sp³-hybridized carbons (Fsp3) is 0.0556. The standard InChI is InChI=1S/C18H13ClF2N2O2S/c1-11-2-8-15(19)17(18(11)21)12-3-9-16(22-10-12)23-26(24,25)14-6-4-13(20)5-7-14/h2-10H,1H3,(H,22,23). The second kappa shape index (κ2) is 7.01. The van der Waals surface area contributed by atoms with Crippen molar-refractivity contribution in [2.45, 2.75) is 11.8 Å². The highest BCUT2D eigenvalue weighted by atomic mass is 35.5. The van der Waals surface area contributed by atoms with E-state index in [2.05, 4.69) is 9.71 Å². The summed E-state index contributed by atoms with van der Waals surface area (Å²) in [5.74, 6) is -0.954. The van der Waals surface area contributed by atoms with Gasteiger partial charge in [0.2, 0.25) is 0 Å². The highest BCUT2D eigenvalue weighted by Crippen LogP contribution is 2.32. The first-order valence-corrected chi connectivity index (χ1v) is 9.33. The smallest absolute Gasteiger partial charge is 0.263 e. The lowest BCUT2D eigenvalue weighted by molar-refractivity contribution is 0.599. The second-order valence-corrected chi connectivity index (χ2v) is 7.63. The zero-order valence-corrected chi connectivity index (χ0v) is 15.1. The van der Waals surface area contributed by atoms with E-state index in [1.807, 2.05) is 0 Å². The number of rotatable bonds is 4. The fourth-order valence-electron chi connectivity index (χ4n) is 2.33. The molecule has 8 heteroatoms. The number of aromatic nitrogens is 1. The zero-order chi connectivity index (χ0) is 18.9. The second-order valence-electron chi connectivity index (χ2n) is 5.54. The molecule has 0 aliphatic heterocycles. The molecule has 1 heterocycles. The Labute approximate surface area is 154 Å². The molecule has 1 aromatic heterocycles. The SMILES string of the molecule is Cc1ccc(Cl)c(-c2ccc(NS(=O)(=O)c3ccc(F)cc3)nc2)c1F. The molecule has 0 atom stereocenters. The predicted molar refractivity (Wildman–Crippen MR) is 96.6 cm³/mol. The molecule has 0 aliphatic carbocycles. The van der Waals surface area contributed by atoms with Crippen LogP contribution in [0.3, 0.4) is 0 Å². The van der Waals surface area contributed by atoms with Gasteiger partial charge in [0, 0.05) is 17.3 Å². The molecule has 0 saturated carbocycles. The Bertz CT molecular complexity index is 1050. The van der Waals surface area contributed by atoms with Gasteiger partial charge in [-0.3, -0.25) is 4.72 Å². The van der Waals surface area contributed by atoms with E-state index < -0.39 is 21.7 Å². The average Bonchev–Trinajstić information content (AvgIpc) is 2.60. The third-order valence-corrected chi connectivity index (χ3v) is 5.38. The van der Waals surface area contributed by atoms with Gasteiger partial charge in [-0.25, -0.2) is 22.2 Å². The van der Waals surface area contributed by atoms with Crippen molar-refractivity contribution in [3.8, 4) is 11.1 Å². The van der Waals surface area contributed by atoms with Gasteiger partial charge in [0.15, 0.2) is 0 Å². The topological polar surface area (TPSA) is 59.1 Å². The Balaban J connectivity index is 1.89. The largest absolute Gasteiger partial charge is 0.263 e. The molecular weight excluding hydrogens is 382 g/mol. The number of pyridine rings is 1. The maximum absolute atomic E-state index is 14.3. The van der Waals surface area contributed by atoms with Crippen LogP contribution in [0.5, 0.6) is 0 Å². The highest BCUT2D eigenvalue weighted by molar-refractivity contribution is 7.92. The maximum atomic E-state index is 14.3. The summed E-state index contributed by atoms with van der Waals surface area (Å²) in [6.45, 7) is 1.62. The highest BCUT2D eigenvalue weighted by Gasteiger charge is 2.16. The zero-order valence-electron chi connectivity index (χ0n) is 13.5. The van der Waals surface area contributed by atoms with E-state index >= 15 is 0 Å². The Morgan fingerprint density at radius 2 is 1.69 bits per heavy atom. The number of benzene rings is 2. The van der Waals surface area contributed by atoms with Crippen molar-refractivity contribution >= 4 is 27.4 Å². The molecule has 3 rings (SSSR count). The Morgan fingerprint density at radius 3 is 2.31 bits per heavy atom. The van der Waals surface area contributed by atoms with Crippen molar-refractivity contribution in [1.29, 1.82) is 0 Å². The number of halogens is 3. The minimum Gasteiger partial charge on any atom is -0.263 e. The Kier molecular flexibility index (Phi) is 4.93. The molecule has 0 bridgehead atoms. The molecule has 4 nitrogen and oxygen atoms in total. The summed E-state index contributed by atoms with van der Waals surface area (Å²) in [4.78, 5) is 3.91. The molecule has 0 saturated heterocycles. The van der Waals surface area contributed by atoms with E-state index in [1.165, 1.54) is 18.3 Å². The van der Waals surface area contributed by atoms with Crippen LogP contribution in [0.4, 0.5) is 14.6 Å². The molecule has 0 unspecified atom stereocenters. The molecule has 0 amide bonds. The first-order chi connectivity index (χ1) is 12.3. The van der Waals surface area contributed by atoms with Gasteiger partial charge in [0.1, 0.15) is 17.5 Å². The molecule has 0 aliphatic rings. The van der Waals surface area contributed by atoms with Crippen LogP contribution < -0.4 is 4.72 Å². The van der Waals surface area contributed by atoms with E-state index in [9.17, 15) is 17.2 Å². The van der Waals surface area contributed by atoms with Crippen LogP contribution in [0.25, 0.3) is 11.1 Å². The van der Waals surface area contributed by atoms with E-state index in [1.54, 1.807) is 19.1 Å². The summed E-state index contributed by atoms with van der Waals surface area (Å²) < 4.78 is 54.1. The first kappa shape index (κ1) is 18.3. The monoisotopic (exact) mass is 394 g/mol. The Hall–Kier alpha value is -2.51. The van der Waals surface area contributed by atoms with Crippen LogP contribution >= 0.6 is 11.6 Å². The van der Waals surface area contributed by atoms with Crippen LogP contribution in [0.15, 0.2) is 59.6 Å². The number of nitrogens with zero attached hydrogens (tertiary/aromatic N) is 1. The summed E-state index contributed by atoms with van der Waals surface area (Å²) in [7, 11) is -3.91. The van der Waals surface area contributed by atoms with Crippen molar-refractivity contribution in [2.24, 2.45) is 0 Å². The van der Waals surface area contributed by atoms with Crippen LogP contribution in [0, 0.1) is 18.6 Å². The number of aryl methyl sites for hydroxylation is 1. The number of hydrogen-bond acceptors (Lipinski definition) is 3. The van der Waals surface area contributed by atoms with Gasteiger partial charge in [-0.05, 0) is 55.0 Å². The third-order valence-electron chi connectivity index (χ3n) is 3.70. The minimum atomic E-state index is -3.91. The van der Waals surface area contributed by atoms with E-state index in [-0.39, 0.29) is 21.3 Å². The first-order valence-electron chi connectivity index (χ1n) is 7.47. The lowest BCUT2D eigenvalue weighted by Gasteiger charge is -2.10. The number of hydrogen-bond donors (Lipinski definition) is 1. The maximum Gasteiger partial charge on any atom is 0.263 e. The number of nitrogens with one attached hydrogen (secondary N) is 1. The molecule has 26 heavy (non-hydrogen) atoms. The summed E-state index contributed by atoms with van der Waals surface area (Å²) in [5, 5.41) is 0.231. The van der Waals surface area contributed by atoms with E-state index in [4.69, 9.17) is 11.6 Å². The van der Waals surface area contributed by atoms with Crippen molar-refractivity contribution < 1.29 is 17.2 Å². The Morgan fingerprint density at radius 1 is 1.00 bits per heavy atom. The molecule has 134 valence electrons. The van der Waals surface area contributed by atoms with Gasteiger partial charge in [-0.1, -0.05) is 17.7 Å². The lowest BCUT2D eigenvalue weighted by atomic mass is 10.0. The summed E-state index contributed by atoms with van der Waals surface area (Å²) in [6.07, 6.45) is 1.33. The fourth-order valence-corrected chi connectivity index (χ4v) is 3.60. The van der Waals surface area contributed by atoms with Gasteiger partial charge in [-0.2, -0.15) is 0 Å². The third kappa shape index (κ3) is 3.68. The quantitative estimate of drug-likeness (QED) is 0.692. The summed E-state index contributed by atoms with van der Waals surface area (Å²) in [5.41, 5.74) is 1.05. The van der Waals surface area contributed by atoms with Crippen LogP contribution in [0.2, 0.25) is 5.02 Å². The molecule has 2 aromatic carbocycles. The van der Waals surface area contributed by atoms with Gasteiger partial charge in [-0.15, -0.1) is 0 Å². The van der Waals surface area contributed by atoms with Crippen molar-refractivity contribution in [3.05, 3.63) is 76.9 Å². The molecule has 3 aromatic rings. The van der Waals surface area contributed by atoms with Crippen molar-refractivity contribution in [1.82, 2.24) is 4.98 Å². The van der Waals surface area contributed by atoms with Gasteiger partial charge in [0.05, 0.1) is 9.92 Å². The van der Waals surface area contributed by atoms with Crippen LogP contribution in [-0.4, -0.2) is 13.4 Å². The molecule has 0 radical (unpaired) electrons. The van der Waals surface area contributed by atoms with E-state index in [0.29, 0.717) is 11.1 Å². The number of anilines is 1. The normalized spacial score (nSPS) is 11.4. The molecule has 1 N–H and O–H groups in total. The molecule has 0 spiro atoms. The minimum absolute atomic E-state index is 0.0438. The van der Waals surface area contributed by atoms with Crippen molar-refractivity contribution in [3.63, 3.8) is 0 Å². The molecule has 0 fully saturated rings. The summed E-state index contributed by atoms with van der Waals surface area (Å²) in [6, 6.07) is 10.5. The summed E-state index contributed by atoms with van der Waals surface area (Å²) >= 11 is 6.07. The molecular formula is C18H13ClF2N2O2S. The van der Waals surface area contributed by atoms with Gasteiger partial charge < -0.3 is 0 Å². The van der Waals surface area contributed by atoms with Crippen molar-refractivity contribution in [2.75, 3.05) is 4.72 Å². The predicted octanol–water partition coefficient (Wildman–Crippen LogP) is 4.79. The van der Waals surface area contributed by atoms with Crippen LogP contribution in [0.1, 0.15) is 5.56 Å². The average molecular weight is 395 g/mol. The van der Waals surface area contributed by atoms with E-state index in [0.717, 1.165) is 24.3 Å². The van der Waals surface area contributed by atoms with Gasteiger partial charge in [0.25, 0.3) is 10.0 Å². The lowest BCUT2D eigenvalue weighted by Crippen LogP contribution is -2.13.